The SMILES string of the molecule is Ic1ccccc1-c1nc(-c2ccc(-c3ccccc3)cc2)n[nH]1. The van der Waals surface area contributed by atoms with E-state index < -0.39 is 0 Å². The zero-order chi connectivity index (χ0) is 16.4. The molecular weight excluding hydrogens is 409 g/mol. The first kappa shape index (κ1) is 15.1. The Balaban J connectivity index is 1.65. The van der Waals surface area contributed by atoms with Crippen molar-refractivity contribution in [2.24, 2.45) is 0 Å². The van der Waals surface area contributed by atoms with Crippen LogP contribution in [0.25, 0.3) is 33.9 Å². The van der Waals surface area contributed by atoms with Gasteiger partial charge in [0.1, 0.15) is 0 Å². The molecule has 0 aliphatic heterocycles. The maximum absolute atomic E-state index is 4.64. The van der Waals surface area contributed by atoms with Gasteiger partial charge < -0.3 is 0 Å². The maximum atomic E-state index is 4.64. The number of halogens is 1. The van der Waals surface area contributed by atoms with E-state index in [4.69, 9.17) is 0 Å². The number of nitrogens with one attached hydrogen (secondary N) is 1. The Kier molecular flexibility index (Phi) is 4.13. The number of H-pyrrole nitrogens is 1. The topological polar surface area (TPSA) is 41.6 Å². The summed E-state index contributed by atoms with van der Waals surface area (Å²) in [5, 5.41) is 7.41. The van der Waals surface area contributed by atoms with E-state index in [1.807, 2.05) is 36.4 Å². The van der Waals surface area contributed by atoms with Gasteiger partial charge in [-0.15, -0.1) is 0 Å². The minimum Gasteiger partial charge on any atom is -0.259 e. The van der Waals surface area contributed by atoms with E-state index in [2.05, 4.69) is 80.2 Å². The predicted octanol–water partition coefficient (Wildman–Crippen LogP) is 5.41. The molecule has 0 saturated carbocycles. The smallest absolute Gasteiger partial charge is 0.181 e. The van der Waals surface area contributed by atoms with Crippen molar-refractivity contribution in [3.8, 4) is 33.9 Å². The monoisotopic (exact) mass is 423 g/mol. The number of benzene rings is 3. The third kappa shape index (κ3) is 2.97. The van der Waals surface area contributed by atoms with Crippen LogP contribution in [0.3, 0.4) is 0 Å². The average Bonchev–Trinajstić information content (AvgIpc) is 3.13. The summed E-state index contributed by atoms with van der Waals surface area (Å²) in [5.74, 6) is 1.51. The number of nitrogens with zero attached hydrogens (tertiary/aromatic N) is 2. The van der Waals surface area contributed by atoms with Crippen LogP contribution < -0.4 is 0 Å². The first-order chi connectivity index (χ1) is 11.8. The van der Waals surface area contributed by atoms with Gasteiger partial charge in [0.25, 0.3) is 0 Å². The molecule has 0 unspecified atom stereocenters. The van der Waals surface area contributed by atoms with Crippen molar-refractivity contribution >= 4 is 22.6 Å². The molecule has 24 heavy (non-hydrogen) atoms. The van der Waals surface area contributed by atoms with Crippen LogP contribution in [0.5, 0.6) is 0 Å². The van der Waals surface area contributed by atoms with Gasteiger partial charge in [-0.25, -0.2) is 4.98 Å². The first-order valence-corrected chi connectivity index (χ1v) is 8.72. The van der Waals surface area contributed by atoms with Crippen LogP contribution in [0, 0.1) is 3.57 Å². The van der Waals surface area contributed by atoms with E-state index in [-0.39, 0.29) is 0 Å². The second-order valence-corrected chi connectivity index (χ2v) is 6.59. The minimum absolute atomic E-state index is 0.712. The Hall–Kier alpha value is -2.47. The number of rotatable bonds is 3. The number of hydrogen-bond acceptors (Lipinski definition) is 2. The zero-order valence-corrected chi connectivity index (χ0v) is 14.9. The fraction of sp³-hybridized carbons (Fsp3) is 0. The van der Waals surface area contributed by atoms with E-state index >= 15 is 0 Å². The zero-order valence-electron chi connectivity index (χ0n) is 12.8. The van der Waals surface area contributed by atoms with Gasteiger partial charge in [-0.1, -0.05) is 72.8 Å². The van der Waals surface area contributed by atoms with Crippen molar-refractivity contribution < 1.29 is 0 Å². The summed E-state index contributed by atoms with van der Waals surface area (Å²) in [6.45, 7) is 0. The second-order valence-electron chi connectivity index (χ2n) is 5.43. The van der Waals surface area contributed by atoms with E-state index in [0.29, 0.717) is 5.82 Å². The molecule has 1 aromatic heterocycles. The molecule has 0 atom stereocenters. The van der Waals surface area contributed by atoms with Crippen molar-refractivity contribution in [2.75, 3.05) is 0 Å². The van der Waals surface area contributed by atoms with E-state index in [1.54, 1.807) is 0 Å². The summed E-state index contributed by atoms with van der Waals surface area (Å²) in [4.78, 5) is 4.64. The maximum Gasteiger partial charge on any atom is 0.181 e. The fourth-order valence-corrected chi connectivity index (χ4v) is 3.25. The van der Waals surface area contributed by atoms with Crippen molar-refractivity contribution in [1.82, 2.24) is 15.2 Å². The summed E-state index contributed by atoms with van der Waals surface area (Å²) < 4.78 is 1.15. The van der Waals surface area contributed by atoms with Crippen molar-refractivity contribution in [3.05, 3.63) is 82.4 Å². The Bertz CT molecular complexity index is 960. The molecule has 0 bridgehead atoms. The van der Waals surface area contributed by atoms with E-state index in [9.17, 15) is 0 Å². The van der Waals surface area contributed by atoms with Gasteiger partial charge in [-0.05, 0) is 39.8 Å². The highest BCUT2D eigenvalue weighted by Crippen LogP contribution is 2.26. The van der Waals surface area contributed by atoms with Crippen LogP contribution in [-0.4, -0.2) is 15.2 Å². The quantitative estimate of drug-likeness (QED) is 0.448. The highest BCUT2D eigenvalue weighted by molar-refractivity contribution is 14.1. The summed E-state index contributed by atoms with van der Waals surface area (Å²) in [6, 6.07) is 26.8. The molecule has 0 fully saturated rings. The van der Waals surface area contributed by atoms with Crippen LogP contribution in [-0.2, 0) is 0 Å². The van der Waals surface area contributed by atoms with Crippen molar-refractivity contribution in [2.45, 2.75) is 0 Å². The lowest BCUT2D eigenvalue weighted by molar-refractivity contribution is 1.10. The van der Waals surface area contributed by atoms with Crippen LogP contribution >= 0.6 is 22.6 Å². The summed E-state index contributed by atoms with van der Waals surface area (Å²) in [5.41, 5.74) is 4.46. The fourth-order valence-electron chi connectivity index (χ4n) is 2.61. The van der Waals surface area contributed by atoms with Gasteiger partial charge in [-0.2, -0.15) is 5.10 Å². The molecule has 0 amide bonds. The van der Waals surface area contributed by atoms with Gasteiger partial charge in [-0.3, -0.25) is 5.10 Å². The molecule has 0 spiro atoms. The molecular formula is C20H14IN3. The molecule has 4 aromatic rings. The predicted molar refractivity (Wildman–Crippen MR) is 105 cm³/mol. The number of aromatic amines is 1. The molecule has 4 heteroatoms. The normalized spacial score (nSPS) is 10.7. The molecule has 4 rings (SSSR count). The molecule has 0 radical (unpaired) electrons. The highest BCUT2D eigenvalue weighted by Gasteiger charge is 2.10. The summed E-state index contributed by atoms with van der Waals surface area (Å²) >= 11 is 2.31. The van der Waals surface area contributed by atoms with Crippen LogP contribution in [0.15, 0.2) is 78.9 Å². The van der Waals surface area contributed by atoms with Crippen molar-refractivity contribution in [1.29, 1.82) is 0 Å². The first-order valence-electron chi connectivity index (χ1n) is 7.64. The summed E-state index contributed by atoms with van der Waals surface area (Å²) in [6.07, 6.45) is 0. The Labute approximate surface area is 153 Å². The lowest BCUT2D eigenvalue weighted by Gasteiger charge is -2.02. The Morgan fingerprint density at radius 2 is 1.29 bits per heavy atom. The van der Waals surface area contributed by atoms with E-state index in [1.165, 1.54) is 11.1 Å². The van der Waals surface area contributed by atoms with Crippen molar-refractivity contribution in [3.63, 3.8) is 0 Å². The Morgan fingerprint density at radius 1 is 0.667 bits per heavy atom. The Morgan fingerprint density at radius 3 is 2.04 bits per heavy atom. The molecule has 3 nitrogen and oxygen atoms in total. The molecule has 1 N–H and O–H groups in total. The van der Waals surface area contributed by atoms with Gasteiger partial charge in [0.05, 0.1) is 0 Å². The highest BCUT2D eigenvalue weighted by atomic mass is 127. The van der Waals surface area contributed by atoms with Crippen LogP contribution in [0.4, 0.5) is 0 Å². The molecule has 116 valence electrons. The molecule has 1 heterocycles. The number of hydrogen-bond donors (Lipinski definition) is 1. The average molecular weight is 423 g/mol. The van der Waals surface area contributed by atoms with Crippen LogP contribution in [0.2, 0.25) is 0 Å². The molecule has 0 aliphatic rings. The standard InChI is InChI=1S/C20H14IN3/c21-18-9-5-4-8-17(18)20-22-19(23-24-20)16-12-10-15(11-13-16)14-6-2-1-3-7-14/h1-13H,(H,22,23,24). The summed E-state index contributed by atoms with van der Waals surface area (Å²) in [7, 11) is 0. The third-order valence-electron chi connectivity index (χ3n) is 3.86. The van der Waals surface area contributed by atoms with Gasteiger partial charge >= 0.3 is 0 Å². The molecule has 0 aliphatic carbocycles. The van der Waals surface area contributed by atoms with E-state index in [0.717, 1.165) is 20.5 Å². The lowest BCUT2D eigenvalue weighted by atomic mass is 10.0. The minimum atomic E-state index is 0.712. The van der Waals surface area contributed by atoms with Gasteiger partial charge in [0.15, 0.2) is 11.6 Å². The van der Waals surface area contributed by atoms with Crippen LogP contribution in [0.1, 0.15) is 0 Å². The third-order valence-corrected chi connectivity index (χ3v) is 4.81. The largest absolute Gasteiger partial charge is 0.259 e. The van der Waals surface area contributed by atoms with Gasteiger partial charge in [0, 0.05) is 14.7 Å². The second kappa shape index (κ2) is 6.57. The number of aromatic nitrogens is 3. The lowest BCUT2D eigenvalue weighted by Crippen LogP contribution is -1.85. The molecule has 0 saturated heterocycles. The molecule has 3 aromatic carbocycles. The van der Waals surface area contributed by atoms with Gasteiger partial charge in [0.2, 0.25) is 0 Å².